The molecule has 1 aliphatic rings. The first kappa shape index (κ1) is 16.5. The molecule has 1 fully saturated rings. The second-order valence-corrected chi connectivity index (χ2v) is 4.72. The molecule has 1 saturated heterocycles. The predicted molar refractivity (Wildman–Crippen MR) is 76.5 cm³/mol. The van der Waals surface area contributed by atoms with E-state index in [0.29, 0.717) is 0 Å². The van der Waals surface area contributed by atoms with Crippen LogP contribution in [0.4, 0.5) is 0 Å². The minimum atomic E-state index is -0.775. The van der Waals surface area contributed by atoms with Crippen LogP contribution in [0.1, 0.15) is 6.23 Å². The van der Waals surface area contributed by atoms with Crippen LogP contribution in [-0.4, -0.2) is 55.3 Å². The maximum absolute atomic E-state index is 12.0. The Morgan fingerprint density at radius 2 is 2.18 bits per heavy atom. The van der Waals surface area contributed by atoms with Crippen molar-refractivity contribution in [2.24, 2.45) is 0 Å². The largest absolute Gasteiger partial charge is 0.382 e. The number of rotatable bonds is 6. The maximum Gasteiger partial charge on any atom is 0.330 e. The summed E-state index contributed by atoms with van der Waals surface area (Å²) in [4.78, 5) is 25.3. The number of aromatic amines is 1. The highest BCUT2D eigenvalue weighted by molar-refractivity contribution is 4.96. The molecule has 0 amide bonds. The average molecular weight is 310 g/mol. The number of hydrogen-bond acceptors (Lipinski definition) is 6. The van der Waals surface area contributed by atoms with Crippen LogP contribution in [0.25, 0.3) is 0 Å². The number of aromatic nitrogens is 2. The fraction of sp³-hybridized carbons (Fsp3) is 0.571. The van der Waals surface area contributed by atoms with Crippen molar-refractivity contribution in [2.45, 2.75) is 24.5 Å². The molecule has 1 aromatic rings. The molecule has 4 unspecified atom stereocenters. The van der Waals surface area contributed by atoms with Gasteiger partial charge in [-0.25, -0.2) is 4.79 Å². The van der Waals surface area contributed by atoms with Crippen molar-refractivity contribution in [1.82, 2.24) is 9.55 Å². The van der Waals surface area contributed by atoms with Crippen molar-refractivity contribution in [3.8, 4) is 12.3 Å². The number of nitrogens with one attached hydrogen (secondary N) is 1. The molecule has 8 nitrogen and oxygen atoms in total. The summed E-state index contributed by atoms with van der Waals surface area (Å²) in [6, 6.07) is 1.23. The van der Waals surface area contributed by atoms with Gasteiger partial charge in [-0.3, -0.25) is 14.3 Å². The SMILES string of the molecule is C#CCOC1C(OC)C(COC)OC1n1ccc(=O)[nH]c1=O. The summed E-state index contributed by atoms with van der Waals surface area (Å²) in [5.74, 6) is 2.37. The van der Waals surface area contributed by atoms with Gasteiger partial charge in [0, 0.05) is 26.5 Å². The molecule has 1 N–H and O–H groups in total. The van der Waals surface area contributed by atoms with Crippen LogP contribution < -0.4 is 11.2 Å². The lowest BCUT2D eigenvalue weighted by Crippen LogP contribution is -2.40. The number of terminal acetylenes is 1. The molecule has 0 radical (unpaired) electrons. The maximum atomic E-state index is 12.0. The van der Waals surface area contributed by atoms with Gasteiger partial charge in [-0.05, 0) is 0 Å². The molecule has 2 heterocycles. The van der Waals surface area contributed by atoms with Crippen LogP contribution in [0, 0.1) is 12.3 Å². The van der Waals surface area contributed by atoms with Crippen molar-refractivity contribution in [1.29, 1.82) is 0 Å². The molecule has 2 rings (SSSR count). The van der Waals surface area contributed by atoms with E-state index in [2.05, 4.69) is 10.9 Å². The van der Waals surface area contributed by atoms with Crippen LogP contribution in [0.15, 0.2) is 21.9 Å². The van der Waals surface area contributed by atoms with Crippen molar-refractivity contribution in [3.63, 3.8) is 0 Å². The second-order valence-electron chi connectivity index (χ2n) is 4.72. The lowest BCUT2D eigenvalue weighted by molar-refractivity contribution is -0.0710. The van der Waals surface area contributed by atoms with Crippen LogP contribution >= 0.6 is 0 Å². The summed E-state index contributed by atoms with van der Waals surface area (Å²) in [5, 5.41) is 0. The highest BCUT2D eigenvalue weighted by Crippen LogP contribution is 2.32. The summed E-state index contributed by atoms with van der Waals surface area (Å²) in [6.45, 7) is 0.311. The molecule has 0 aliphatic carbocycles. The Morgan fingerprint density at radius 1 is 1.41 bits per heavy atom. The van der Waals surface area contributed by atoms with E-state index in [1.165, 1.54) is 31.0 Å². The summed E-state index contributed by atoms with van der Waals surface area (Å²) in [5.41, 5.74) is -1.09. The van der Waals surface area contributed by atoms with Gasteiger partial charge in [0.15, 0.2) is 6.23 Å². The van der Waals surface area contributed by atoms with Gasteiger partial charge in [0.05, 0.1) is 6.61 Å². The Labute approximate surface area is 127 Å². The van der Waals surface area contributed by atoms with Crippen molar-refractivity contribution >= 4 is 0 Å². The Morgan fingerprint density at radius 3 is 2.77 bits per heavy atom. The predicted octanol–water partition coefficient (Wildman–Crippen LogP) is -0.886. The second kappa shape index (κ2) is 7.38. The van der Waals surface area contributed by atoms with E-state index in [0.717, 1.165) is 0 Å². The lowest BCUT2D eigenvalue weighted by atomic mass is 10.1. The van der Waals surface area contributed by atoms with E-state index in [4.69, 9.17) is 25.4 Å². The molecule has 22 heavy (non-hydrogen) atoms. The Kier molecular flexibility index (Phi) is 5.51. The minimum absolute atomic E-state index is 0.0438. The van der Waals surface area contributed by atoms with Gasteiger partial charge in [-0.15, -0.1) is 6.42 Å². The standard InChI is InChI=1S/C14H18N2O6/c1-4-7-21-12-11(20-3)9(8-19-2)22-13(12)16-6-5-10(17)15-14(16)18/h1,5-6,9,11-13H,7-8H2,2-3H3,(H,15,17,18). The van der Waals surface area contributed by atoms with Crippen LogP contribution in [-0.2, 0) is 18.9 Å². The number of H-pyrrole nitrogens is 1. The van der Waals surface area contributed by atoms with E-state index >= 15 is 0 Å². The number of ether oxygens (including phenoxy) is 4. The Bertz CT molecular complexity index is 646. The molecule has 8 heteroatoms. The molecular weight excluding hydrogens is 292 g/mol. The molecule has 1 aliphatic heterocycles. The summed E-state index contributed by atoms with van der Waals surface area (Å²) in [7, 11) is 3.05. The summed E-state index contributed by atoms with van der Waals surface area (Å²) in [6.07, 6.45) is 4.30. The van der Waals surface area contributed by atoms with Gasteiger partial charge in [0.2, 0.25) is 0 Å². The first-order chi connectivity index (χ1) is 10.6. The Balaban J connectivity index is 2.35. The van der Waals surface area contributed by atoms with E-state index < -0.39 is 35.8 Å². The number of methoxy groups -OCH3 is 2. The zero-order valence-electron chi connectivity index (χ0n) is 12.4. The fourth-order valence-corrected chi connectivity index (χ4v) is 2.47. The van der Waals surface area contributed by atoms with Crippen LogP contribution in [0.5, 0.6) is 0 Å². The summed E-state index contributed by atoms with van der Waals surface area (Å²) < 4.78 is 23.2. The van der Waals surface area contributed by atoms with E-state index in [9.17, 15) is 9.59 Å². The van der Waals surface area contributed by atoms with Gasteiger partial charge in [-0.2, -0.15) is 0 Å². The third-order valence-electron chi connectivity index (χ3n) is 3.37. The third-order valence-corrected chi connectivity index (χ3v) is 3.37. The van der Waals surface area contributed by atoms with Crippen LogP contribution in [0.3, 0.4) is 0 Å². The van der Waals surface area contributed by atoms with E-state index in [-0.39, 0.29) is 13.2 Å². The topological polar surface area (TPSA) is 91.8 Å². The van der Waals surface area contributed by atoms with Crippen molar-refractivity contribution in [3.05, 3.63) is 33.1 Å². The van der Waals surface area contributed by atoms with Gasteiger partial charge in [0.25, 0.3) is 5.56 Å². The number of nitrogens with zero attached hydrogens (tertiary/aromatic N) is 1. The smallest absolute Gasteiger partial charge is 0.330 e. The van der Waals surface area contributed by atoms with E-state index in [1.807, 2.05) is 0 Å². The van der Waals surface area contributed by atoms with Gasteiger partial charge >= 0.3 is 5.69 Å². The zero-order chi connectivity index (χ0) is 16.1. The minimum Gasteiger partial charge on any atom is -0.382 e. The van der Waals surface area contributed by atoms with Gasteiger partial charge in [0.1, 0.15) is 24.9 Å². The van der Waals surface area contributed by atoms with Crippen molar-refractivity contribution < 1.29 is 18.9 Å². The normalized spacial score (nSPS) is 27.7. The number of hydrogen-bond donors (Lipinski definition) is 1. The van der Waals surface area contributed by atoms with Crippen molar-refractivity contribution in [2.75, 3.05) is 27.4 Å². The third kappa shape index (κ3) is 3.28. The summed E-state index contributed by atoms with van der Waals surface area (Å²) >= 11 is 0. The quantitative estimate of drug-likeness (QED) is 0.686. The fourth-order valence-electron chi connectivity index (χ4n) is 2.47. The van der Waals surface area contributed by atoms with Gasteiger partial charge < -0.3 is 18.9 Å². The average Bonchev–Trinajstić information content (AvgIpc) is 2.83. The molecule has 0 saturated carbocycles. The monoisotopic (exact) mass is 310 g/mol. The molecule has 4 atom stereocenters. The first-order valence-corrected chi connectivity index (χ1v) is 6.66. The first-order valence-electron chi connectivity index (χ1n) is 6.66. The highest BCUT2D eigenvalue weighted by atomic mass is 16.6. The molecule has 1 aromatic heterocycles. The zero-order valence-corrected chi connectivity index (χ0v) is 12.4. The lowest BCUT2D eigenvalue weighted by Gasteiger charge is -2.23. The van der Waals surface area contributed by atoms with Crippen LogP contribution in [0.2, 0.25) is 0 Å². The molecule has 0 bridgehead atoms. The molecule has 0 spiro atoms. The van der Waals surface area contributed by atoms with Gasteiger partial charge in [-0.1, -0.05) is 5.92 Å². The van der Waals surface area contributed by atoms with E-state index in [1.54, 1.807) is 0 Å². The highest BCUT2D eigenvalue weighted by Gasteiger charge is 2.47. The molecular formula is C14H18N2O6. The Hall–Kier alpha value is -1.92. The molecule has 0 aromatic carbocycles. The molecule has 120 valence electrons.